The average Bonchev–Trinajstić information content (AvgIpc) is 2.25. The van der Waals surface area contributed by atoms with Crippen molar-refractivity contribution in [2.75, 3.05) is 13.1 Å². The maximum atomic E-state index is 12.6. The van der Waals surface area contributed by atoms with E-state index in [-0.39, 0.29) is 19.4 Å². The Morgan fingerprint density at radius 1 is 1.35 bits per heavy atom. The van der Waals surface area contributed by atoms with Gasteiger partial charge in [-0.3, -0.25) is 0 Å². The van der Waals surface area contributed by atoms with Gasteiger partial charge in [-0.05, 0) is 19.3 Å². The van der Waals surface area contributed by atoms with Crippen molar-refractivity contribution in [3.63, 3.8) is 0 Å². The SMILES string of the molecule is NCC1(NCC(F)F)CCCC(C(F)(F)F)C1. The van der Waals surface area contributed by atoms with Gasteiger partial charge in [0.15, 0.2) is 0 Å². The number of rotatable bonds is 4. The van der Waals surface area contributed by atoms with Crippen molar-refractivity contribution in [1.29, 1.82) is 0 Å². The van der Waals surface area contributed by atoms with Crippen LogP contribution in [0, 0.1) is 5.92 Å². The highest BCUT2D eigenvalue weighted by molar-refractivity contribution is 4.96. The highest BCUT2D eigenvalue weighted by Crippen LogP contribution is 2.41. The van der Waals surface area contributed by atoms with Crippen LogP contribution < -0.4 is 11.1 Å². The second kappa shape index (κ2) is 5.48. The molecule has 0 spiro atoms. The molecule has 1 aliphatic carbocycles. The lowest BCUT2D eigenvalue weighted by atomic mass is 9.75. The first-order valence-electron chi connectivity index (χ1n) is 5.59. The van der Waals surface area contributed by atoms with E-state index in [9.17, 15) is 22.0 Å². The quantitative estimate of drug-likeness (QED) is 0.761. The fourth-order valence-corrected chi connectivity index (χ4v) is 2.35. The number of nitrogens with two attached hydrogens (primary N) is 1. The van der Waals surface area contributed by atoms with Gasteiger partial charge in [-0.1, -0.05) is 6.42 Å². The van der Waals surface area contributed by atoms with Crippen molar-refractivity contribution in [2.24, 2.45) is 11.7 Å². The van der Waals surface area contributed by atoms with Crippen LogP contribution in [-0.2, 0) is 0 Å². The molecule has 0 amide bonds. The standard InChI is InChI=1S/C10H17F5N2/c11-8(12)5-17-9(6-16)3-1-2-7(4-9)10(13,14)15/h7-8,17H,1-6,16H2. The summed E-state index contributed by atoms with van der Waals surface area (Å²) in [4.78, 5) is 0. The van der Waals surface area contributed by atoms with Gasteiger partial charge in [0.2, 0.25) is 0 Å². The van der Waals surface area contributed by atoms with Crippen LogP contribution in [0.1, 0.15) is 25.7 Å². The molecule has 0 aliphatic heterocycles. The van der Waals surface area contributed by atoms with E-state index in [4.69, 9.17) is 5.73 Å². The summed E-state index contributed by atoms with van der Waals surface area (Å²) >= 11 is 0. The number of hydrogen-bond donors (Lipinski definition) is 2. The first kappa shape index (κ1) is 14.6. The Labute approximate surface area is 96.7 Å². The van der Waals surface area contributed by atoms with Crippen molar-refractivity contribution in [3.05, 3.63) is 0 Å². The lowest BCUT2D eigenvalue weighted by Gasteiger charge is -2.41. The molecule has 1 rings (SSSR count). The molecule has 3 N–H and O–H groups in total. The second-order valence-corrected chi connectivity index (χ2v) is 4.59. The number of halogens is 5. The zero-order valence-corrected chi connectivity index (χ0v) is 9.36. The lowest BCUT2D eigenvalue weighted by molar-refractivity contribution is -0.188. The first-order chi connectivity index (χ1) is 7.79. The Hall–Kier alpha value is -0.430. The summed E-state index contributed by atoms with van der Waals surface area (Å²) in [7, 11) is 0. The molecule has 0 bridgehead atoms. The monoisotopic (exact) mass is 260 g/mol. The molecule has 1 aliphatic rings. The van der Waals surface area contributed by atoms with Crippen LogP contribution in [0.25, 0.3) is 0 Å². The van der Waals surface area contributed by atoms with Crippen LogP contribution in [0.15, 0.2) is 0 Å². The third-order valence-electron chi connectivity index (χ3n) is 3.33. The first-order valence-corrected chi connectivity index (χ1v) is 5.59. The minimum absolute atomic E-state index is 0.0493. The predicted octanol–water partition coefficient (Wildman–Crippen LogP) is 2.29. The molecule has 2 unspecified atom stereocenters. The summed E-state index contributed by atoms with van der Waals surface area (Å²) in [5, 5.41) is 2.51. The number of hydrogen-bond acceptors (Lipinski definition) is 2. The van der Waals surface area contributed by atoms with E-state index >= 15 is 0 Å². The van der Waals surface area contributed by atoms with E-state index in [1.165, 1.54) is 0 Å². The summed E-state index contributed by atoms with van der Waals surface area (Å²) in [5.74, 6) is -1.44. The van der Waals surface area contributed by atoms with Crippen LogP contribution in [0.4, 0.5) is 22.0 Å². The summed E-state index contributed by atoms with van der Waals surface area (Å²) in [5.41, 5.74) is 4.46. The number of nitrogens with one attached hydrogen (secondary N) is 1. The van der Waals surface area contributed by atoms with Crippen LogP contribution in [-0.4, -0.2) is 31.2 Å². The van der Waals surface area contributed by atoms with Gasteiger partial charge in [-0.2, -0.15) is 13.2 Å². The van der Waals surface area contributed by atoms with Crippen molar-refractivity contribution in [2.45, 2.75) is 43.8 Å². The Morgan fingerprint density at radius 2 is 2.00 bits per heavy atom. The zero-order chi connectivity index (χ0) is 13.1. The van der Waals surface area contributed by atoms with Crippen LogP contribution in [0.2, 0.25) is 0 Å². The Bertz CT molecular complexity index is 243. The zero-order valence-electron chi connectivity index (χ0n) is 9.36. The van der Waals surface area contributed by atoms with Gasteiger partial charge in [-0.15, -0.1) is 0 Å². The molecule has 2 nitrogen and oxygen atoms in total. The molecule has 0 saturated heterocycles. The lowest BCUT2D eigenvalue weighted by Crippen LogP contribution is -2.56. The summed E-state index contributed by atoms with van der Waals surface area (Å²) in [6, 6.07) is 0. The Balaban J connectivity index is 2.65. The van der Waals surface area contributed by atoms with Crippen LogP contribution in [0.5, 0.6) is 0 Å². The molecule has 1 saturated carbocycles. The van der Waals surface area contributed by atoms with E-state index in [0.717, 1.165) is 0 Å². The third kappa shape index (κ3) is 4.06. The topological polar surface area (TPSA) is 38.0 Å². The predicted molar refractivity (Wildman–Crippen MR) is 53.8 cm³/mol. The minimum atomic E-state index is -4.27. The van der Waals surface area contributed by atoms with Gasteiger partial charge in [0.1, 0.15) is 0 Å². The normalized spacial score (nSPS) is 30.9. The smallest absolute Gasteiger partial charge is 0.329 e. The van der Waals surface area contributed by atoms with Crippen molar-refractivity contribution >= 4 is 0 Å². The molecule has 1 fully saturated rings. The van der Waals surface area contributed by atoms with Crippen molar-refractivity contribution in [3.8, 4) is 0 Å². The van der Waals surface area contributed by atoms with E-state index in [0.29, 0.717) is 12.8 Å². The minimum Gasteiger partial charge on any atom is -0.329 e. The third-order valence-corrected chi connectivity index (χ3v) is 3.33. The highest BCUT2D eigenvalue weighted by atomic mass is 19.4. The van der Waals surface area contributed by atoms with Gasteiger partial charge < -0.3 is 11.1 Å². The molecule has 17 heavy (non-hydrogen) atoms. The fourth-order valence-electron chi connectivity index (χ4n) is 2.35. The molecule has 2 atom stereocenters. The van der Waals surface area contributed by atoms with E-state index < -0.39 is 30.6 Å². The maximum Gasteiger partial charge on any atom is 0.391 e. The van der Waals surface area contributed by atoms with Crippen LogP contribution in [0.3, 0.4) is 0 Å². The average molecular weight is 260 g/mol. The summed E-state index contributed by atoms with van der Waals surface area (Å²) in [6.07, 6.45) is -6.22. The molecule has 7 heteroatoms. The molecule has 102 valence electrons. The van der Waals surface area contributed by atoms with E-state index in [1.807, 2.05) is 0 Å². The van der Waals surface area contributed by atoms with Gasteiger partial charge in [0, 0.05) is 12.1 Å². The molecule has 0 radical (unpaired) electrons. The van der Waals surface area contributed by atoms with Gasteiger partial charge >= 0.3 is 6.18 Å². The number of alkyl halides is 5. The van der Waals surface area contributed by atoms with Crippen molar-refractivity contribution in [1.82, 2.24) is 5.32 Å². The molecule has 0 aromatic rings. The largest absolute Gasteiger partial charge is 0.391 e. The molecule has 0 aromatic heterocycles. The second-order valence-electron chi connectivity index (χ2n) is 4.59. The molecular formula is C10H17F5N2. The van der Waals surface area contributed by atoms with Gasteiger partial charge in [0.05, 0.1) is 12.5 Å². The molecular weight excluding hydrogens is 243 g/mol. The van der Waals surface area contributed by atoms with E-state index in [1.54, 1.807) is 0 Å². The highest BCUT2D eigenvalue weighted by Gasteiger charge is 2.47. The Kier molecular flexibility index (Phi) is 4.71. The maximum absolute atomic E-state index is 12.6. The fraction of sp³-hybridized carbons (Fsp3) is 1.00. The summed E-state index contributed by atoms with van der Waals surface area (Å²) in [6.45, 7) is -0.659. The van der Waals surface area contributed by atoms with Gasteiger partial charge in [-0.25, -0.2) is 8.78 Å². The molecule has 0 heterocycles. The summed E-state index contributed by atoms with van der Waals surface area (Å²) < 4.78 is 62.0. The van der Waals surface area contributed by atoms with Crippen molar-refractivity contribution < 1.29 is 22.0 Å². The van der Waals surface area contributed by atoms with E-state index in [2.05, 4.69) is 5.32 Å². The van der Waals surface area contributed by atoms with Gasteiger partial charge in [0.25, 0.3) is 6.43 Å². The molecule has 0 aromatic carbocycles. The van der Waals surface area contributed by atoms with Crippen LogP contribution >= 0.6 is 0 Å². The Morgan fingerprint density at radius 3 is 2.47 bits per heavy atom.